The molecule has 3 aromatic rings. The summed E-state index contributed by atoms with van der Waals surface area (Å²) in [5.41, 5.74) is 9.43. The third-order valence-corrected chi connectivity index (χ3v) is 6.39. The van der Waals surface area contributed by atoms with E-state index in [4.69, 9.17) is 5.73 Å². The monoisotopic (exact) mass is 448 g/mol. The number of hydrogen-bond acceptors (Lipinski definition) is 5. The summed E-state index contributed by atoms with van der Waals surface area (Å²) in [6.45, 7) is 3.76. The highest BCUT2D eigenvalue weighted by Gasteiger charge is 2.31. The number of amides is 3. The first-order chi connectivity index (χ1) is 15.5. The maximum absolute atomic E-state index is 12.8. The Bertz CT molecular complexity index is 1140. The molecule has 1 fully saturated rings. The van der Waals surface area contributed by atoms with Crippen LogP contribution in [-0.2, 0) is 16.1 Å². The molecule has 0 spiro atoms. The van der Waals surface area contributed by atoms with Crippen LogP contribution in [0, 0.1) is 0 Å². The highest BCUT2D eigenvalue weighted by molar-refractivity contribution is 7.13. The Morgan fingerprint density at radius 2 is 1.75 bits per heavy atom. The topological polar surface area (TPSA) is 95.7 Å². The molecule has 164 valence electrons. The first-order valence-electron chi connectivity index (χ1n) is 10.4. The highest BCUT2D eigenvalue weighted by Crippen LogP contribution is 2.30. The highest BCUT2D eigenvalue weighted by atomic mass is 32.1. The lowest BCUT2D eigenvalue weighted by Gasteiger charge is -2.33. The summed E-state index contributed by atoms with van der Waals surface area (Å²) in [6, 6.07) is 16.6. The van der Waals surface area contributed by atoms with Gasteiger partial charge >= 0.3 is 11.8 Å². The van der Waals surface area contributed by atoms with Crippen LogP contribution >= 0.6 is 11.3 Å². The van der Waals surface area contributed by atoms with Crippen LogP contribution in [0.25, 0.3) is 10.4 Å². The first-order valence-corrected chi connectivity index (χ1v) is 11.3. The zero-order valence-electron chi connectivity index (χ0n) is 17.7. The lowest BCUT2D eigenvalue weighted by Crippen LogP contribution is -2.53. The fourth-order valence-corrected chi connectivity index (χ4v) is 4.33. The van der Waals surface area contributed by atoms with Gasteiger partial charge in [-0.3, -0.25) is 14.4 Å². The molecule has 0 unspecified atom stereocenters. The minimum absolute atomic E-state index is 0.269. The predicted octanol–water partition coefficient (Wildman–Crippen LogP) is 3.44. The molecule has 0 atom stereocenters. The molecule has 4 rings (SSSR count). The van der Waals surface area contributed by atoms with Gasteiger partial charge in [0.2, 0.25) is 0 Å². The van der Waals surface area contributed by atoms with Crippen molar-refractivity contribution in [1.82, 2.24) is 9.80 Å². The Morgan fingerprint density at radius 3 is 2.44 bits per heavy atom. The Balaban J connectivity index is 1.42. The third kappa shape index (κ3) is 4.50. The Labute approximate surface area is 190 Å². The van der Waals surface area contributed by atoms with Crippen LogP contribution < -0.4 is 11.1 Å². The van der Waals surface area contributed by atoms with E-state index in [-0.39, 0.29) is 5.91 Å². The number of piperazine rings is 1. The van der Waals surface area contributed by atoms with Gasteiger partial charge in [-0.05, 0) is 53.8 Å². The number of likely N-dealkylation sites (N-methyl/N-ethyl adjacent to an activating group) is 1. The molecule has 8 heteroatoms. The van der Waals surface area contributed by atoms with Crippen molar-refractivity contribution in [2.24, 2.45) is 0 Å². The van der Waals surface area contributed by atoms with E-state index >= 15 is 0 Å². The number of carbonyl (C=O) groups is 3. The quantitative estimate of drug-likeness (QED) is 0.446. The summed E-state index contributed by atoms with van der Waals surface area (Å²) < 4.78 is 0. The molecule has 1 aromatic heterocycles. The number of nitrogens with two attached hydrogens (primary N) is 1. The smallest absolute Gasteiger partial charge is 0.312 e. The van der Waals surface area contributed by atoms with E-state index in [9.17, 15) is 14.4 Å². The number of anilines is 2. The van der Waals surface area contributed by atoms with E-state index < -0.39 is 11.8 Å². The van der Waals surface area contributed by atoms with Gasteiger partial charge in [0.15, 0.2) is 0 Å². The molecule has 7 nitrogen and oxygen atoms in total. The second-order valence-electron chi connectivity index (χ2n) is 7.54. The molecule has 2 heterocycles. The maximum Gasteiger partial charge on any atom is 0.312 e. The van der Waals surface area contributed by atoms with Crippen LogP contribution in [0.4, 0.5) is 11.4 Å². The van der Waals surface area contributed by atoms with Gasteiger partial charge in [-0.15, -0.1) is 11.3 Å². The molecule has 32 heavy (non-hydrogen) atoms. The molecule has 0 radical (unpaired) electrons. The minimum Gasteiger partial charge on any atom is -0.397 e. The summed E-state index contributed by atoms with van der Waals surface area (Å²) in [5.74, 6) is -1.22. The van der Waals surface area contributed by atoms with E-state index in [0.29, 0.717) is 43.1 Å². The minimum atomic E-state index is -0.485. The van der Waals surface area contributed by atoms with Crippen LogP contribution in [0.3, 0.4) is 0 Å². The zero-order chi connectivity index (χ0) is 22.7. The van der Waals surface area contributed by atoms with Gasteiger partial charge in [-0.2, -0.15) is 0 Å². The van der Waals surface area contributed by atoms with Gasteiger partial charge in [0.05, 0.1) is 11.4 Å². The van der Waals surface area contributed by atoms with Crippen molar-refractivity contribution in [3.63, 3.8) is 0 Å². The van der Waals surface area contributed by atoms with E-state index in [2.05, 4.69) is 5.32 Å². The first kappa shape index (κ1) is 21.6. The average molecular weight is 449 g/mol. The average Bonchev–Trinajstić information content (AvgIpc) is 3.34. The third-order valence-electron chi connectivity index (χ3n) is 5.48. The van der Waals surface area contributed by atoms with Crippen molar-refractivity contribution in [2.45, 2.75) is 13.5 Å². The lowest BCUT2D eigenvalue weighted by molar-refractivity contribution is -0.156. The Hall–Kier alpha value is -3.65. The molecular weight excluding hydrogens is 424 g/mol. The largest absolute Gasteiger partial charge is 0.397 e. The summed E-state index contributed by atoms with van der Waals surface area (Å²) in [5, 5.41) is 4.88. The molecule has 1 aliphatic heterocycles. The van der Waals surface area contributed by atoms with Gasteiger partial charge in [0.1, 0.15) is 0 Å². The van der Waals surface area contributed by atoms with Crippen LogP contribution in [0.5, 0.6) is 0 Å². The van der Waals surface area contributed by atoms with Crippen molar-refractivity contribution in [1.29, 1.82) is 0 Å². The number of carbonyl (C=O) groups excluding carboxylic acids is 3. The number of nitrogen functional groups attached to an aromatic ring is 1. The zero-order valence-corrected chi connectivity index (χ0v) is 18.5. The predicted molar refractivity (Wildman–Crippen MR) is 126 cm³/mol. The van der Waals surface area contributed by atoms with Crippen molar-refractivity contribution in [2.75, 3.05) is 30.7 Å². The number of benzene rings is 2. The molecule has 0 aliphatic carbocycles. The second kappa shape index (κ2) is 9.23. The number of nitrogens with one attached hydrogen (secondary N) is 1. The Kier molecular flexibility index (Phi) is 6.23. The fourth-order valence-electron chi connectivity index (χ4n) is 3.60. The van der Waals surface area contributed by atoms with Crippen molar-refractivity contribution < 1.29 is 14.4 Å². The molecule has 3 amide bonds. The van der Waals surface area contributed by atoms with Crippen LogP contribution in [0.2, 0.25) is 0 Å². The number of hydrogen-bond donors (Lipinski definition) is 2. The molecular formula is C24H24N4O3S. The standard InChI is InChI=1S/C24H24N4O3S/c1-2-27-11-12-28(24(31)23(27)30)15-16-5-7-17(8-6-16)22(29)26-20-14-18(9-10-19(20)25)21-4-3-13-32-21/h3-10,13-14H,2,11-12,15,25H2,1H3,(H,26,29). The molecule has 1 aliphatic rings. The van der Waals surface area contributed by atoms with E-state index in [0.717, 1.165) is 16.0 Å². The van der Waals surface area contributed by atoms with Gasteiger partial charge < -0.3 is 20.9 Å². The number of nitrogens with zero attached hydrogens (tertiary/aromatic N) is 2. The molecule has 2 aromatic carbocycles. The van der Waals surface area contributed by atoms with Gasteiger partial charge in [-0.25, -0.2) is 0 Å². The van der Waals surface area contributed by atoms with Crippen molar-refractivity contribution in [3.8, 4) is 10.4 Å². The van der Waals surface area contributed by atoms with Crippen molar-refractivity contribution in [3.05, 3.63) is 71.1 Å². The second-order valence-corrected chi connectivity index (χ2v) is 8.49. The van der Waals surface area contributed by atoms with Crippen LogP contribution in [0.1, 0.15) is 22.8 Å². The summed E-state index contributed by atoms with van der Waals surface area (Å²) in [6.07, 6.45) is 0. The SMILES string of the molecule is CCN1CCN(Cc2ccc(C(=O)Nc3cc(-c4cccs4)ccc3N)cc2)C(=O)C1=O. The molecule has 3 N–H and O–H groups in total. The van der Waals surface area contributed by atoms with E-state index in [1.165, 1.54) is 0 Å². The van der Waals surface area contributed by atoms with Crippen LogP contribution in [0.15, 0.2) is 60.0 Å². The van der Waals surface area contributed by atoms with E-state index in [1.54, 1.807) is 51.5 Å². The Morgan fingerprint density at radius 1 is 1.03 bits per heavy atom. The number of rotatable bonds is 6. The van der Waals surface area contributed by atoms with Gasteiger partial charge in [-0.1, -0.05) is 24.3 Å². The summed E-state index contributed by atoms with van der Waals surface area (Å²) in [7, 11) is 0. The molecule has 0 saturated carbocycles. The molecule has 1 saturated heterocycles. The van der Waals surface area contributed by atoms with Gasteiger partial charge in [0.25, 0.3) is 5.91 Å². The number of thiophene rings is 1. The lowest BCUT2D eigenvalue weighted by atomic mass is 10.1. The summed E-state index contributed by atoms with van der Waals surface area (Å²) >= 11 is 1.62. The summed E-state index contributed by atoms with van der Waals surface area (Å²) in [4.78, 5) is 41.3. The van der Waals surface area contributed by atoms with Crippen LogP contribution in [-0.4, -0.2) is 47.2 Å². The fraction of sp³-hybridized carbons (Fsp3) is 0.208. The maximum atomic E-state index is 12.8. The van der Waals surface area contributed by atoms with E-state index in [1.807, 2.05) is 36.6 Å². The normalized spacial score (nSPS) is 14.0. The van der Waals surface area contributed by atoms with Crippen molar-refractivity contribution >= 4 is 40.4 Å². The molecule has 0 bridgehead atoms. The van der Waals surface area contributed by atoms with Gasteiger partial charge in [0, 0.05) is 36.6 Å².